The van der Waals surface area contributed by atoms with Crippen LogP contribution in [0.4, 0.5) is 5.69 Å². The predicted molar refractivity (Wildman–Crippen MR) is 220 cm³/mol. The minimum Gasteiger partial charge on any atom is -0.490 e. The number of nitrogens with zero attached hydrogens (tertiary/aromatic N) is 2. The van der Waals surface area contributed by atoms with Crippen LogP contribution in [-0.4, -0.2) is 95.4 Å². The number of aliphatic hydroxyl groups excluding tert-OH is 1. The van der Waals surface area contributed by atoms with Gasteiger partial charge in [0.1, 0.15) is 16.7 Å². The number of halogens is 1. The summed E-state index contributed by atoms with van der Waals surface area (Å²) in [7, 11) is -1.45. The molecule has 1 saturated heterocycles. The summed E-state index contributed by atoms with van der Waals surface area (Å²) >= 11 is 8.57. The van der Waals surface area contributed by atoms with Crippen molar-refractivity contribution in [1.29, 1.82) is 0 Å². The summed E-state index contributed by atoms with van der Waals surface area (Å²) in [6.45, 7) is 14.5. The molecular formula is C41H61ClN4O4S2. The first-order valence-corrected chi connectivity index (χ1v) is 22.3. The van der Waals surface area contributed by atoms with Gasteiger partial charge in [-0.05, 0) is 131 Å². The molecule has 288 valence electrons. The highest BCUT2D eigenvalue weighted by Gasteiger charge is 2.45. The van der Waals surface area contributed by atoms with Crippen LogP contribution in [0.5, 0.6) is 5.75 Å². The molecule has 1 spiro atoms. The SMILES string of the molecule is CC/C=C/C(C1CCC1CN1C[C@@]2(CCCc3cc(Cl)ccc32)COc2ccc(C(=O)NS(=O)C(C)C)cc21)N1CCCSCCNCC1.CCO. The summed E-state index contributed by atoms with van der Waals surface area (Å²) in [6.07, 6.45) is 12.8. The van der Waals surface area contributed by atoms with Crippen LogP contribution in [0.1, 0.15) is 87.7 Å². The number of ether oxygens (including phenoxy) is 1. The molecule has 0 aromatic heterocycles. The topological polar surface area (TPSA) is 94.1 Å². The Labute approximate surface area is 324 Å². The maximum atomic E-state index is 13.3. The Morgan fingerprint density at radius 2 is 1.98 bits per heavy atom. The number of anilines is 1. The van der Waals surface area contributed by atoms with Gasteiger partial charge in [0.05, 0.1) is 12.3 Å². The molecule has 0 bridgehead atoms. The van der Waals surface area contributed by atoms with E-state index < -0.39 is 11.0 Å². The Bertz CT molecular complexity index is 1520. The smallest absolute Gasteiger partial charge is 0.263 e. The summed E-state index contributed by atoms with van der Waals surface area (Å²) in [4.78, 5) is 18.6. The maximum absolute atomic E-state index is 13.3. The van der Waals surface area contributed by atoms with Crippen molar-refractivity contribution in [1.82, 2.24) is 14.9 Å². The van der Waals surface area contributed by atoms with Gasteiger partial charge in [-0.15, -0.1) is 0 Å². The fourth-order valence-electron chi connectivity index (χ4n) is 8.26. The molecular weight excluding hydrogens is 712 g/mol. The number of nitrogens with one attached hydrogen (secondary N) is 2. The molecule has 5 atom stereocenters. The van der Waals surface area contributed by atoms with E-state index in [9.17, 15) is 9.00 Å². The Hall–Kier alpha value is -2.08. The number of aryl methyl sites for hydroxylation is 1. The number of rotatable bonds is 9. The lowest BCUT2D eigenvalue weighted by Gasteiger charge is -2.48. The van der Waals surface area contributed by atoms with E-state index in [0.717, 1.165) is 81.4 Å². The quantitative estimate of drug-likeness (QED) is 0.235. The molecule has 1 saturated carbocycles. The molecule has 2 fully saturated rings. The van der Waals surface area contributed by atoms with Crippen LogP contribution in [0.3, 0.4) is 0 Å². The Morgan fingerprint density at radius 1 is 1.15 bits per heavy atom. The third kappa shape index (κ3) is 10.4. The van der Waals surface area contributed by atoms with Gasteiger partial charge in [-0.25, -0.2) is 4.21 Å². The largest absolute Gasteiger partial charge is 0.490 e. The van der Waals surface area contributed by atoms with Crippen LogP contribution in [0.15, 0.2) is 48.6 Å². The van der Waals surface area contributed by atoms with Crippen molar-refractivity contribution in [3.63, 3.8) is 0 Å². The number of carbonyl (C=O) groups is 1. The molecule has 4 unspecified atom stereocenters. The second kappa shape index (κ2) is 20.0. The van der Waals surface area contributed by atoms with Crippen LogP contribution in [-0.2, 0) is 22.8 Å². The van der Waals surface area contributed by atoms with Crippen LogP contribution in [0.25, 0.3) is 0 Å². The number of thioether (sulfide) groups is 1. The number of carbonyl (C=O) groups excluding carboxylic acids is 1. The molecule has 1 amide bonds. The lowest BCUT2D eigenvalue weighted by Crippen LogP contribution is -2.53. The summed E-state index contributed by atoms with van der Waals surface area (Å²) < 4.78 is 22.0. The zero-order valence-electron chi connectivity index (χ0n) is 31.7. The second-order valence-electron chi connectivity index (χ2n) is 15.0. The van der Waals surface area contributed by atoms with E-state index in [1.165, 1.54) is 41.9 Å². The molecule has 6 rings (SSSR count). The normalized spacial score (nSPS) is 25.1. The van der Waals surface area contributed by atoms with Gasteiger partial charge in [0.25, 0.3) is 5.91 Å². The summed E-state index contributed by atoms with van der Waals surface area (Å²) in [5, 5.41) is 11.9. The fourth-order valence-corrected chi connectivity index (χ4v) is 9.82. The minimum atomic E-state index is -1.45. The first-order chi connectivity index (χ1) is 25.2. The van der Waals surface area contributed by atoms with Crippen molar-refractivity contribution in [2.24, 2.45) is 11.8 Å². The molecule has 2 aliphatic carbocycles. The zero-order valence-corrected chi connectivity index (χ0v) is 34.1. The van der Waals surface area contributed by atoms with Crippen LogP contribution < -0.4 is 19.7 Å². The van der Waals surface area contributed by atoms with Crippen molar-refractivity contribution >= 4 is 45.9 Å². The molecule has 8 nitrogen and oxygen atoms in total. The Balaban J connectivity index is 0.00000168. The van der Waals surface area contributed by atoms with Gasteiger partial charge in [-0.3, -0.25) is 14.4 Å². The van der Waals surface area contributed by atoms with Crippen molar-refractivity contribution in [3.8, 4) is 5.75 Å². The molecule has 52 heavy (non-hydrogen) atoms. The average Bonchev–Trinajstić information content (AvgIpc) is 3.27. The number of amides is 1. The van der Waals surface area contributed by atoms with E-state index in [4.69, 9.17) is 21.4 Å². The third-order valence-corrected chi connectivity index (χ3v) is 13.6. The van der Waals surface area contributed by atoms with Gasteiger partial charge in [-0.1, -0.05) is 36.7 Å². The number of allylic oxidation sites excluding steroid dienone is 1. The van der Waals surface area contributed by atoms with E-state index in [2.05, 4.69) is 62.8 Å². The number of hydrogen-bond donors (Lipinski definition) is 3. The van der Waals surface area contributed by atoms with Gasteiger partial charge in [-0.2, -0.15) is 11.8 Å². The number of benzene rings is 2. The first-order valence-electron chi connectivity index (χ1n) is 19.5. The molecule has 2 heterocycles. The number of hydrogen-bond acceptors (Lipinski definition) is 8. The van der Waals surface area contributed by atoms with Gasteiger partial charge in [0.15, 0.2) is 0 Å². The summed E-state index contributed by atoms with van der Waals surface area (Å²) in [6, 6.07) is 12.6. The van der Waals surface area contributed by atoms with Crippen LogP contribution in [0.2, 0.25) is 5.02 Å². The van der Waals surface area contributed by atoms with E-state index in [1.54, 1.807) is 6.92 Å². The van der Waals surface area contributed by atoms with Crippen LogP contribution in [0, 0.1) is 11.8 Å². The summed E-state index contributed by atoms with van der Waals surface area (Å²) in [5.41, 5.74) is 3.97. The molecule has 11 heteroatoms. The lowest BCUT2D eigenvalue weighted by molar-refractivity contribution is 0.0710. The predicted octanol–water partition coefficient (Wildman–Crippen LogP) is 7.00. The molecule has 2 aromatic rings. The highest BCUT2D eigenvalue weighted by Crippen LogP contribution is 2.47. The second-order valence-corrected chi connectivity index (χ2v) is 18.4. The number of fused-ring (bicyclic) bond motifs is 3. The highest BCUT2D eigenvalue weighted by atomic mass is 35.5. The third-order valence-electron chi connectivity index (χ3n) is 11.0. The standard InChI is InChI=1S/C39H55ClN4O3S2.C2H6O/c1-4-5-9-35(43-19-7-21-48-22-18-41-17-20-43)33-13-10-31(33)25-44-26-39(16-6-8-29-23-32(40)12-14-34(29)39)27-47-37-15-11-30(24-36(37)44)38(45)42-49(46)28(2)3;1-2-3/h5,9,11-12,14-15,23-24,28,31,33,35,41H,4,6-8,10,13,16-22,25-27H2,1-3H3,(H,42,45);3H,2H2,1H3/b9-5+;/t31?,33?,35?,39-,49?;/m0./s1. The maximum Gasteiger partial charge on any atom is 0.263 e. The number of aliphatic hydroxyl groups is 1. The van der Waals surface area contributed by atoms with Crippen molar-refractivity contribution in [3.05, 3.63) is 70.3 Å². The van der Waals surface area contributed by atoms with Gasteiger partial charge in [0.2, 0.25) is 0 Å². The Morgan fingerprint density at radius 3 is 2.73 bits per heavy atom. The average molecular weight is 774 g/mol. The first kappa shape index (κ1) is 41.1. The fraction of sp³-hybridized carbons (Fsp3) is 0.634. The van der Waals surface area contributed by atoms with Gasteiger partial charge in [0, 0.05) is 72.4 Å². The molecule has 0 radical (unpaired) electrons. The molecule has 3 N–H and O–H groups in total. The van der Waals surface area contributed by atoms with E-state index in [1.807, 2.05) is 38.1 Å². The van der Waals surface area contributed by atoms with Crippen molar-refractivity contribution in [2.75, 3.05) is 68.9 Å². The zero-order chi connectivity index (χ0) is 37.1. The van der Waals surface area contributed by atoms with Gasteiger partial charge < -0.3 is 20.1 Å². The van der Waals surface area contributed by atoms with Crippen LogP contribution >= 0.6 is 23.4 Å². The molecule has 2 aromatic carbocycles. The molecule has 2 aliphatic heterocycles. The Kier molecular flexibility index (Phi) is 15.8. The van der Waals surface area contributed by atoms with Crippen molar-refractivity contribution < 1.29 is 18.8 Å². The highest BCUT2D eigenvalue weighted by molar-refractivity contribution is 7.99. The lowest BCUT2D eigenvalue weighted by atomic mass is 9.67. The van der Waals surface area contributed by atoms with Gasteiger partial charge >= 0.3 is 0 Å². The van der Waals surface area contributed by atoms with E-state index >= 15 is 0 Å². The monoisotopic (exact) mass is 772 g/mol. The van der Waals surface area contributed by atoms with E-state index in [0.29, 0.717) is 30.0 Å². The van der Waals surface area contributed by atoms with Crippen molar-refractivity contribution in [2.45, 2.75) is 89.3 Å². The minimum absolute atomic E-state index is 0.161. The van der Waals surface area contributed by atoms with E-state index in [-0.39, 0.29) is 23.2 Å². The summed E-state index contributed by atoms with van der Waals surface area (Å²) in [5.74, 6) is 4.01. The molecule has 4 aliphatic rings.